The lowest BCUT2D eigenvalue weighted by molar-refractivity contribution is 0.411. The quantitative estimate of drug-likeness (QED) is 0.642. The molecule has 3 aromatic rings. The van der Waals surface area contributed by atoms with Crippen molar-refractivity contribution in [2.24, 2.45) is 0 Å². The van der Waals surface area contributed by atoms with Crippen molar-refractivity contribution in [3.8, 4) is 11.5 Å². The third-order valence-corrected chi connectivity index (χ3v) is 3.77. The van der Waals surface area contributed by atoms with Crippen molar-refractivity contribution in [2.45, 2.75) is 37.7 Å². The van der Waals surface area contributed by atoms with Gasteiger partial charge in [-0.25, -0.2) is 0 Å². The molecule has 7 heteroatoms. The van der Waals surface area contributed by atoms with Crippen molar-refractivity contribution >= 4 is 11.8 Å². The van der Waals surface area contributed by atoms with Crippen LogP contribution in [0.4, 0.5) is 0 Å². The van der Waals surface area contributed by atoms with Crippen LogP contribution in [0.15, 0.2) is 38.3 Å². The summed E-state index contributed by atoms with van der Waals surface area (Å²) in [4.78, 5) is 0. The summed E-state index contributed by atoms with van der Waals surface area (Å²) in [5.74, 6) is 2.23. The smallest absolute Gasteiger partial charge is 0.277 e. The molecule has 0 fully saturated rings. The molecule has 0 saturated carbocycles. The van der Waals surface area contributed by atoms with Gasteiger partial charge in [0.25, 0.3) is 5.22 Å². The van der Waals surface area contributed by atoms with Gasteiger partial charge in [-0.15, -0.1) is 20.4 Å². The average Bonchev–Trinajstić information content (AvgIpc) is 3.15. The van der Waals surface area contributed by atoms with Crippen molar-refractivity contribution < 1.29 is 8.83 Å². The Morgan fingerprint density at radius 2 is 1.91 bits per heavy atom. The highest BCUT2D eigenvalue weighted by Gasteiger charge is 2.11. The van der Waals surface area contributed by atoms with Gasteiger partial charge < -0.3 is 8.83 Å². The van der Waals surface area contributed by atoms with Crippen LogP contribution in [0.5, 0.6) is 0 Å². The zero-order chi connectivity index (χ0) is 15.4. The molecule has 0 aliphatic rings. The Morgan fingerprint density at radius 1 is 1.05 bits per heavy atom. The van der Waals surface area contributed by atoms with Gasteiger partial charge >= 0.3 is 0 Å². The third kappa shape index (κ3) is 3.54. The Bertz CT molecular complexity index is 753. The lowest BCUT2D eigenvalue weighted by Crippen LogP contribution is -1.80. The summed E-state index contributed by atoms with van der Waals surface area (Å²) in [7, 11) is 0. The molecule has 2 heterocycles. The zero-order valence-corrected chi connectivity index (χ0v) is 13.3. The van der Waals surface area contributed by atoms with Crippen molar-refractivity contribution in [2.75, 3.05) is 0 Å². The largest absolute Gasteiger partial charge is 0.420 e. The van der Waals surface area contributed by atoms with Crippen LogP contribution in [-0.2, 0) is 12.2 Å². The fourth-order valence-corrected chi connectivity index (χ4v) is 2.56. The Hall–Kier alpha value is -2.15. The zero-order valence-electron chi connectivity index (χ0n) is 12.4. The van der Waals surface area contributed by atoms with Crippen LogP contribution in [0, 0.1) is 6.92 Å². The molecule has 0 spiro atoms. The number of hydrogen-bond acceptors (Lipinski definition) is 7. The number of aromatic nitrogens is 4. The van der Waals surface area contributed by atoms with Crippen molar-refractivity contribution in [3.63, 3.8) is 0 Å². The third-order valence-electron chi connectivity index (χ3n) is 2.96. The lowest BCUT2D eigenvalue weighted by Gasteiger charge is -1.96. The molecule has 3 rings (SSSR count). The van der Waals surface area contributed by atoms with Crippen LogP contribution >= 0.6 is 11.8 Å². The first-order valence-corrected chi connectivity index (χ1v) is 8.07. The fraction of sp³-hybridized carbons (Fsp3) is 0.333. The minimum absolute atomic E-state index is 0.507. The predicted octanol–water partition coefficient (Wildman–Crippen LogP) is 3.67. The van der Waals surface area contributed by atoms with Gasteiger partial charge in [-0.1, -0.05) is 36.4 Å². The first kappa shape index (κ1) is 14.8. The van der Waals surface area contributed by atoms with Gasteiger partial charge in [0.2, 0.25) is 17.7 Å². The average molecular weight is 316 g/mol. The summed E-state index contributed by atoms with van der Waals surface area (Å²) < 4.78 is 11.2. The molecule has 114 valence electrons. The molecule has 2 aromatic heterocycles. The Balaban J connectivity index is 1.64. The summed E-state index contributed by atoms with van der Waals surface area (Å²) in [6.45, 7) is 4.10. The molecule has 0 aliphatic heterocycles. The van der Waals surface area contributed by atoms with Crippen LogP contribution in [0.2, 0.25) is 0 Å². The monoisotopic (exact) mass is 316 g/mol. The first-order valence-electron chi connectivity index (χ1n) is 7.09. The van der Waals surface area contributed by atoms with E-state index in [4.69, 9.17) is 8.83 Å². The van der Waals surface area contributed by atoms with Crippen molar-refractivity contribution in [3.05, 3.63) is 41.6 Å². The maximum atomic E-state index is 5.67. The van der Waals surface area contributed by atoms with Gasteiger partial charge in [0, 0.05) is 12.0 Å². The summed E-state index contributed by atoms with van der Waals surface area (Å²) in [5, 5.41) is 16.6. The van der Waals surface area contributed by atoms with Crippen LogP contribution < -0.4 is 0 Å². The van der Waals surface area contributed by atoms with E-state index in [1.807, 2.05) is 31.2 Å². The minimum Gasteiger partial charge on any atom is -0.420 e. The maximum absolute atomic E-state index is 5.67. The highest BCUT2D eigenvalue weighted by atomic mass is 32.2. The van der Waals surface area contributed by atoms with Gasteiger partial charge in [0.1, 0.15) is 0 Å². The number of aryl methyl sites for hydroxylation is 2. The Kier molecular flexibility index (Phi) is 4.53. The summed E-state index contributed by atoms with van der Waals surface area (Å²) >= 11 is 1.40. The van der Waals surface area contributed by atoms with Crippen LogP contribution in [-0.4, -0.2) is 20.4 Å². The number of nitrogens with zero attached hydrogens (tertiary/aromatic N) is 4. The number of thioether (sulfide) groups is 1. The van der Waals surface area contributed by atoms with E-state index in [0.717, 1.165) is 24.0 Å². The second-order valence-corrected chi connectivity index (χ2v) is 5.80. The minimum atomic E-state index is 0.507. The Labute approximate surface area is 132 Å². The van der Waals surface area contributed by atoms with Gasteiger partial charge in [0.05, 0.1) is 5.75 Å². The van der Waals surface area contributed by atoms with Crippen molar-refractivity contribution in [1.82, 2.24) is 20.4 Å². The van der Waals surface area contributed by atoms with Gasteiger partial charge in [-0.05, 0) is 25.5 Å². The molecule has 0 atom stereocenters. The summed E-state index contributed by atoms with van der Waals surface area (Å²) in [6, 6.07) is 7.96. The summed E-state index contributed by atoms with van der Waals surface area (Å²) in [5.41, 5.74) is 2.08. The highest BCUT2D eigenvalue weighted by Crippen LogP contribution is 2.24. The van der Waals surface area contributed by atoms with E-state index in [9.17, 15) is 0 Å². The van der Waals surface area contributed by atoms with Crippen molar-refractivity contribution in [1.29, 1.82) is 0 Å². The Morgan fingerprint density at radius 3 is 2.73 bits per heavy atom. The molecule has 0 aliphatic carbocycles. The molecule has 0 bridgehead atoms. The van der Waals surface area contributed by atoms with Gasteiger partial charge in [0.15, 0.2) is 0 Å². The maximum Gasteiger partial charge on any atom is 0.277 e. The van der Waals surface area contributed by atoms with Crippen LogP contribution in [0.1, 0.15) is 30.7 Å². The fourth-order valence-electron chi connectivity index (χ4n) is 1.94. The van der Waals surface area contributed by atoms with Crippen LogP contribution in [0.3, 0.4) is 0 Å². The molecule has 0 N–H and O–H groups in total. The van der Waals surface area contributed by atoms with E-state index in [-0.39, 0.29) is 0 Å². The highest BCUT2D eigenvalue weighted by molar-refractivity contribution is 7.98. The van der Waals surface area contributed by atoms with E-state index in [2.05, 4.69) is 27.3 Å². The van der Waals surface area contributed by atoms with E-state index in [1.54, 1.807) is 0 Å². The number of benzene rings is 1. The van der Waals surface area contributed by atoms with E-state index < -0.39 is 0 Å². The number of rotatable bonds is 6. The SMILES string of the molecule is CCCc1nnc(SCc2nnc(-c3cccc(C)c3)o2)o1. The van der Waals surface area contributed by atoms with Gasteiger partial charge in [-0.2, -0.15) is 0 Å². The lowest BCUT2D eigenvalue weighted by atomic mass is 10.1. The van der Waals surface area contributed by atoms with Crippen LogP contribution in [0.25, 0.3) is 11.5 Å². The molecule has 0 radical (unpaired) electrons. The number of hydrogen-bond donors (Lipinski definition) is 0. The molecule has 22 heavy (non-hydrogen) atoms. The predicted molar refractivity (Wildman–Crippen MR) is 82.3 cm³/mol. The van der Waals surface area contributed by atoms with E-state index in [1.165, 1.54) is 11.8 Å². The second-order valence-electron chi connectivity index (χ2n) is 4.87. The molecule has 0 saturated heterocycles. The molecule has 0 amide bonds. The summed E-state index contributed by atoms with van der Waals surface area (Å²) in [6.07, 6.45) is 1.78. The second kappa shape index (κ2) is 6.74. The normalized spacial score (nSPS) is 11.0. The topological polar surface area (TPSA) is 77.8 Å². The van der Waals surface area contributed by atoms with E-state index >= 15 is 0 Å². The molecular weight excluding hydrogens is 300 g/mol. The van der Waals surface area contributed by atoms with E-state index in [0.29, 0.717) is 28.6 Å². The first-order chi connectivity index (χ1) is 10.7. The molecule has 6 nitrogen and oxygen atoms in total. The van der Waals surface area contributed by atoms with Gasteiger partial charge in [-0.3, -0.25) is 0 Å². The molecule has 1 aromatic carbocycles. The molecule has 0 unspecified atom stereocenters. The molecular formula is C15H16N4O2S. The standard InChI is InChI=1S/C15H16N4O2S/c1-3-5-12-16-19-15(21-12)22-9-13-17-18-14(20-13)11-7-4-6-10(2)8-11/h4,6-8H,3,5,9H2,1-2H3.